The van der Waals surface area contributed by atoms with Gasteiger partial charge in [0.05, 0.1) is 16.6 Å². The maximum absolute atomic E-state index is 13.5. The normalized spacial score (nSPS) is 9.95. The van der Waals surface area contributed by atoms with Crippen LogP contribution in [0.25, 0.3) is 0 Å². The van der Waals surface area contributed by atoms with E-state index in [0.717, 1.165) is 18.2 Å². The first-order valence-corrected chi connectivity index (χ1v) is 5.76. The molecule has 2 rings (SSSR count). The number of nitriles is 1. The fourth-order valence-electron chi connectivity index (χ4n) is 1.64. The van der Waals surface area contributed by atoms with E-state index in [1.54, 1.807) is 6.07 Å². The zero-order valence-electron chi connectivity index (χ0n) is 10.5. The maximum atomic E-state index is 13.5. The molecule has 0 saturated carbocycles. The second-order valence-electron chi connectivity index (χ2n) is 4.09. The van der Waals surface area contributed by atoms with E-state index in [1.165, 1.54) is 18.2 Å². The fraction of sp³-hybridized carbons (Fsp3) is 0.0714. The quantitative estimate of drug-likeness (QED) is 0.639. The summed E-state index contributed by atoms with van der Waals surface area (Å²) in [6.07, 6.45) is 0. The van der Waals surface area contributed by atoms with Crippen LogP contribution < -0.4 is 4.74 Å². The Labute approximate surface area is 118 Å². The molecule has 0 unspecified atom stereocenters. The van der Waals surface area contributed by atoms with Gasteiger partial charge < -0.3 is 4.74 Å². The molecule has 0 radical (unpaired) electrons. The summed E-state index contributed by atoms with van der Waals surface area (Å²) in [5.41, 5.74) is -0.161. The minimum absolute atomic E-state index is 0.0900. The minimum atomic E-state index is -0.985. The van der Waals surface area contributed by atoms with Crippen LogP contribution in [0.3, 0.4) is 0 Å². The summed E-state index contributed by atoms with van der Waals surface area (Å²) >= 11 is 0. The molecular weight excluding hydrogens is 282 g/mol. The number of hydrogen-bond acceptors (Lipinski definition) is 4. The van der Waals surface area contributed by atoms with Gasteiger partial charge in [0.15, 0.2) is 11.6 Å². The van der Waals surface area contributed by atoms with Crippen molar-refractivity contribution in [2.24, 2.45) is 0 Å². The van der Waals surface area contributed by atoms with E-state index in [9.17, 15) is 18.9 Å². The first-order chi connectivity index (χ1) is 10.0. The van der Waals surface area contributed by atoms with Gasteiger partial charge >= 0.3 is 5.69 Å². The second-order valence-corrected chi connectivity index (χ2v) is 4.09. The Balaban J connectivity index is 2.12. The predicted molar refractivity (Wildman–Crippen MR) is 68.5 cm³/mol. The third-order valence-electron chi connectivity index (χ3n) is 2.66. The highest BCUT2D eigenvalue weighted by atomic mass is 19.1. The number of rotatable bonds is 4. The summed E-state index contributed by atoms with van der Waals surface area (Å²) in [5.74, 6) is -1.79. The molecule has 0 aliphatic rings. The molecule has 7 heteroatoms. The van der Waals surface area contributed by atoms with Crippen LogP contribution in [0.1, 0.15) is 11.1 Å². The third kappa shape index (κ3) is 3.30. The van der Waals surface area contributed by atoms with Gasteiger partial charge in [-0.2, -0.15) is 9.65 Å². The Kier molecular flexibility index (Phi) is 4.09. The van der Waals surface area contributed by atoms with Gasteiger partial charge in [-0.1, -0.05) is 0 Å². The summed E-state index contributed by atoms with van der Waals surface area (Å²) in [5, 5.41) is 19.1. The van der Waals surface area contributed by atoms with Crippen molar-refractivity contribution in [2.75, 3.05) is 0 Å². The van der Waals surface area contributed by atoms with E-state index < -0.39 is 22.2 Å². The highest BCUT2D eigenvalue weighted by Crippen LogP contribution is 2.21. The van der Waals surface area contributed by atoms with Crippen molar-refractivity contribution in [1.29, 1.82) is 5.26 Å². The molecule has 0 bridgehead atoms. The molecule has 106 valence electrons. The number of benzene rings is 2. The molecule has 2 aromatic carbocycles. The highest BCUT2D eigenvalue weighted by Gasteiger charge is 2.14. The topological polar surface area (TPSA) is 76.2 Å². The number of nitro groups is 1. The molecule has 0 aromatic heterocycles. The lowest BCUT2D eigenvalue weighted by Gasteiger charge is -2.07. The van der Waals surface area contributed by atoms with Crippen LogP contribution in [-0.4, -0.2) is 4.92 Å². The molecule has 0 amide bonds. The van der Waals surface area contributed by atoms with Crippen molar-refractivity contribution in [3.63, 3.8) is 0 Å². The van der Waals surface area contributed by atoms with Gasteiger partial charge in [0.1, 0.15) is 6.61 Å². The fourth-order valence-corrected chi connectivity index (χ4v) is 1.64. The first-order valence-electron chi connectivity index (χ1n) is 5.76. The van der Waals surface area contributed by atoms with E-state index >= 15 is 0 Å². The molecule has 21 heavy (non-hydrogen) atoms. The summed E-state index contributed by atoms with van der Waals surface area (Å²) in [6, 6.07) is 8.77. The van der Waals surface area contributed by atoms with E-state index in [2.05, 4.69) is 0 Å². The lowest BCUT2D eigenvalue weighted by Crippen LogP contribution is -2.00. The summed E-state index contributed by atoms with van der Waals surface area (Å²) in [7, 11) is 0. The predicted octanol–water partition coefficient (Wildman–Crippen LogP) is 3.32. The Hall–Kier alpha value is -3.01. The van der Waals surface area contributed by atoms with Crippen molar-refractivity contribution in [1.82, 2.24) is 0 Å². The minimum Gasteiger partial charge on any atom is -0.486 e. The van der Waals surface area contributed by atoms with Gasteiger partial charge in [-0.05, 0) is 35.9 Å². The number of hydrogen-bond donors (Lipinski definition) is 0. The van der Waals surface area contributed by atoms with E-state index in [4.69, 9.17) is 10.00 Å². The van der Waals surface area contributed by atoms with Gasteiger partial charge in [0, 0.05) is 6.07 Å². The molecule has 0 aliphatic heterocycles. The van der Waals surface area contributed by atoms with Crippen LogP contribution in [0.15, 0.2) is 36.4 Å². The van der Waals surface area contributed by atoms with E-state index in [1.807, 2.05) is 0 Å². The van der Waals surface area contributed by atoms with Crippen LogP contribution in [0.4, 0.5) is 14.5 Å². The van der Waals surface area contributed by atoms with Crippen LogP contribution in [-0.2, 0) is 6.61 Å². The molecule has 0 heterocycles. The summed E-state index contributed by atoms with van der Waals surface area (Å²) in [4.78, 5) is 9.64. The molecule has 0 fully saturated rings. The summed E-state index contributed by atoms with van der Waals surface area (Å²) in [6.45, 7) is -0.155. The maximum Gasteiger partial charge on any atom is 0.304 e. The van der Waals surface area contributed by atoms with Crippen molar-refractivity contribution >= 4 is 5.69 Å². The molecule has 5 nitrogen and oxygen atoms in total. The van der Waals surface area contributed by atoms with Crippen molar-refractivity contribution in [3.8, 4) is 11.8 Å². The van der Waals surface area contributed by atoms with E-state index in [0.29, 0.717) is 5.56 Å². The van der Waals surface area contributed by atoms with Crippen molar-refractivity contribution in [3.05, 3.63) is 69.3 Å². The molecule has 0 aliphatic carbocycles. The lowest BCUT2D eigenvalue weighted by molar-refractivity contribution is -0.387. The molecule has 0 atom stereocenters. The van der Waals surface area contributed by atoms with Gasteiger partial charge in [0.25, 0.3) is 0 Å². The monoisotopic (exact) mass is 290 g/mol. The van der Waals surface area contributed by atoms with Gasteiger partial charge in [-0.25, -0.2) is 4.39 Å². The molecular formula is C14H8F2N2O3. The molecule has 0 saturated heterocycles. The van der Waals surface area contributed by atoms with Crippen molar-refractivity contribution < 1.29 is 18.4 Å². The summed E-state index contributed by atoms with van der Waals surface area (Å²) < 4.78 is 32.1. The Morgan fingerprint density at radius 3 is 2.52 bits per heavy atom. The number of nitro benzene ring substituents is 1. The van der Waals surface area contributed by atoms with Crippen molar-refractivity contribution in [2.45, 2.75) is 6.61 Å². The zero-order chi connectivity index (χ0) is 15.4. The van der Waals surface area contributed by atoms with Crippen LogP contribution in [0.2, 0.25) is 0 Å². The van der Waals surface area contributed by atoms with E-state index in [-0.39, 0.29) is 17.9 Å². The first kappa shape index (κ1) is 14.4. The molecule has 0 N–H and O–H groups in total. The second kappa shape index (κ2) is 5.96. The standard InChI is InChI=1S/C14H8F2N2O3/c15-11-6-10(1-3-13(11)18(19)20)8-21-14-4-2-9(7-17)5-12(14)16/h1-6H,8H2. The third-order valence-corrected chi connectivity index (χ3v) is 2.66. The Morgan fingerprint density at radius 2 is 1.95 bits per heavy atom. The van der Waals surface area contributed by atoms with Crippen LogP contribution >= 0.6 is 0 Å². The molecule has 0 spiro atoms. The largest absolute Gasteiger partial charge is 0.486 e. The SMILES string of the molecule is N#Cc1ccc(OCc2ccc([N+](=O)[O-])c(F)c2)c(F)c1. The zero-order valence-corrected chi connectivity index (χ0v) is 10.5. The van der Waals surface area contributed by atoms with Gasteiger partial charge in [-0.3, -0.25) is 10.1 Å². The number of nitrogens with zero attached hydrogens (tertiary/aromatic N) is 2. The lowest BCUT2D eigenvalue weighted by atomic mass is 10.2. The smallest absolute Gasteiger partial charge is 0.304 e. The average molecular weight is 290 g/mol. The van der Waals surface area contributed by atoms with Crippen LogP contribution in [0.5, 0.6) is 5.75 Å². The Bertz CT molecular complexity index is 741. The van der Waals surface area contributed by atoms with Gasteiger partial charge in [-0.15, -0.1) is 0 Å². The number of ether oxygens (including phenoxy) is 1. The Morgan fingerprint density at radius 1 is 1.19 bits per heavy atom. The van der Waals surface area contributed by atoms with Gasteiger partial charge in [0.2, 0.25) is 5.82 Å². The number of halogens is 2. The van der Waals surface area contributed by atoms with Crippen LogP contribution in [0, 0.1) is 33.1 Å². The highest BCUT2D eigenvalue weighted by molar-refractivity contribution is 5.37. The molecule has 2 aromatic rings. The average Bonchev–Trinajstić information content (AvgIpc) is 2.45.